The molecule has 2 aromatic carbocycles. The standard InChI is InChI=1S/C20H24ClN3O4S/c1-15-13-16(21)7-8-19(15)28-14-20(25)22-17-5-3-4-6-18(17)23-9-11-24(12-10-23)29(2,26)27/h3-8,13H,9-12,14H2,1-2H3,(H,22,25). The van der Waals surface area contributed by atoms with E-state index in [2.05, 4.69) is 10.2 Å². The summed E-state index contributed by atoms with van der Waals surface area (Å²) >= 11 is 5.94. The molecule has 0 atom stereocenters. The van der Waals surface area contributed by atoms with Gasteiger partial charge in [-0.25, -0.2) is 8.42 Å². The van der Waals surface area contributed by atoms with Crippen molar-refractivity contribution in [2.24, 2.45) is 0 Å². The second-order valence-electron chi connectivity index (χ2n) is 6.91. The van der Waals surface area contributed by atoms with Crippen molar-refractivity contribution in [1.29, 1.82) is 0 Å². The number of carbonyl (C=O) groups excluding carboxylic acids is 1. The molecule has 3 rings (SSSR count). The fourth-order valence-corrected chi connectivity index (χ4v) is 4.27. The molecule has 0 aromatic heterocycles. The molecular weight excluding hydrogens is 414 g/mol. The first-order valence-electron chi connectivity index (χ1n) is 9.22. The van der Waals surface area contributed by atoms with Gasteiger partial charge in [-0.05, 0) is 42.8 Å². The number of para-hydroxylation sites is 2. The van der Waals surface area contributed by atoms with Crippen molar-refractivity contribution >= 4 is 38.9 Å². The molecule has 0 bridgehead atoms. The highest BCUT2D eigenvalue weighted by Gasteiger charge is 2.24. The zero-order valence-electron chi connectivity index (χ0n) is 16.4. The Bertz CT molecular complexity index is 989. The largest absolute Gasteiger partial charge is 0.483 e. The van der Waals surface area contributed by atoms with E-state index in [1.165, 1.54) is 10.6 Å². The smallest absolute Gasteiger partial charge is 0.262 e. The van der Waals surface area contributed by atoms with Gasteiger partial charge in [-0.15, -0.1) is 0 Å². The summed E-state index contributed by atoms with van der Waals surface area (Å²) in [4.78, 5) is 14.5. The lowest BCUT2D eigenvalue weighted by Crippen LogP contribution is -2.48. The first-order chi connectivity index (χ1) is 13.7. The highest BCUT2D eigenvalue weighted by atomic mass is 35.5. The van der Waals surface area contributed by atoms with Gasteiger partial charge < -0.3 is 15.0 Å². The van der Waals surface area contributed by atoms with Gasteiger partial charge in [0.1, 0.15) is 5.75 Å². The Morgan fingerprint density at radius 2 is 1.83 bits per heavy atom. The van der Waals surface area contributed by atoms with Gasteiger partial charge in [0.05, 0.1) is 17.6 Å². The average Bonchev–Trinajstić information content (AvgIpc) is 2.67. The van der Waals surface area contributed by atoms with Gasteiger partial charge in [-0.1, -0.05) is 23.7 Å². The number of nitrogens with zero attached hydrogens (tertiary/aromatic N) is 2. The molecule has 1 fully saturated rings. The minimum atomic E-state index is -3.19. The van der Waals surface area contributed by atoms with Crippen molar-refractivity contribution < 1.29 is 17.9 Å². The van der Waals surface area contributed by atoms with Crippen LogP contribution in [0.5, 0.6) is 5.75 Å². The number of carbonyl (C=O) groups is 1. The number of sulfonamides is 1. The maximum atomic E-state index is 12.4. The van der Waals surface area contributed by atoms with Gasteiger partial charge in [-0.3, -0.25) is 4.79 Å². The predicted octanol–water partition coefficient (Wildman–Crippen LogP) is 2.75. The number of ether oxygens (including phenoxy) is 1. The van der Waals surface area contributed by atoms with Gasteiger partial charge in [0.25, 0.3) is 5.91 Å². The summed E-state index contributed by atoms with van der Waals surface area (Å²) in [6, 6.07) is 12.7. The quantitative estimate of drug-likeness (QED) is 0.751. The third kappa shape index (κ3) is 5.62. The maximum Gasteiger partial charge on any atom is 0.262 e. The van der Waals surface area contributed by atoms with Gasteiger partial charge in [-0.2, -0.15) is 4.31 Å². The zero-order valence-corrected chi connectivity index (χ0v) is 18.0. The lowest BCUT2D eigenvalue weighted by molar-refractivity contribution is -0.118. The Morgan fingerprint density at radius 1 is 1.14 bits per heavy atom. The molecule has 0 unspecified atom stereocenters. The Kier molecular flexibility index (Phi) is 6.66. The summed E-state index contributed by atoms with van der Waals surface area (Å²) < 4.78 is 30.5. The Labute approximate surface area is 176 Å². The molecule has 0 aliphatic carbocycles. The fraction of sp³-hybridized carbons (Fsp3) is 0.350. The van der Waals surface area contributed by atoms with E-state index in [4.69, 9.17) is 16.3 Å². The molecule has 1 aliphatic heterocycles. The minimum absolute atomic E-state index is 0.126. The molecular formula is C20H24ClN3O4S. The SMILES string of the molecule is Cc1cc(Cl)ccc1OCC(=O)Nc1ccccc1N1CCN(S(C)(=O)=O)CC1. The number of hydrogen-bond donors (Lipinski definition) is 1. The maximum absolute atomic E-state index is 12.4. The van der Waals surface area contributed by atoms with Crippen LogP contribution in [0.3, 0.4) is 0 Å². The number of piperazine rings is 1. The second-order valence-corrected chi connectivity index (χ2v) is 9.33. The van der Waals surface area contributed by atoms with E-state index in [1.807, 2.05) is 31.2 Å². The van der Waals surface area contributed by atoms with Crippen molar-refractivity contribution in [3.05, 3.63) is 53.1 Å². The van der Waals surface area contributed by atoms with E-state index in [9.17, 15) is 13.2 Å². The lowest BCUT2D eigenvalue weighted by Gasteiger charge is -2.35. The van der Waals surface area contributed by atoms with Crippen LogP contribution in [0.15, 0.2) is 42.5 Å². The third-order valence-corrected chi connectivity index (χ3v) is 6.26. The van der Waals surface area contributed by atoms with Crippen LogP contribution in [0.4, 0.5) is 11.4 Å². The van der Waals surface area contributed by atoms with E-state index in [0.717, 1.165) is 11.3 Å². The molecule has 9 heteroatoms. The van der Waals surface area contributed by atoms with Crippen LogP contribution in [0.25, 0.3) is 0 Å². The number of aryl methyl sites for hydroxylation is 1. The summed E-state index contributed by atoms with van der Waals surface area (Å²) in [5.74, 6) is 0.330. The number of amides is 1. The topological polar surface area (TPSA) is 79.0 Å². The predicted molar refractivity (Wildman–Crippen MR) is 115 cm³/mol. The molecule has 1 saturated heterocycles. The molecule has 7 nitrogen and oxygen atoms in total. The number of benzene rings is 2. The summed E-state index contributed by atoms with van der Waals surface area (Å²) in [7, 11) is -3.19. The van der Waals surface area contributed by atoms with E-state index in [1.54, 1.807) is 18.2 Å². The van der Waals surface area contributed by atoms with Gasteiger partial charge in [0.15, 0.2) is 6.61 Å². The summed E-state index contributed by atoms with van der Waals surface area (Å²) in [5.41, 5.74) is 2.38. The minimum Gasteiger partial charge on any atom is -0.483 e. The normalized spacial score (nSPS) is 15.2. The number of rotatable bonds is 6. The van der Waals surface area contributed by atoms with E-state index < -0.39 is 10.0 Å². The lowest BCUT2D eigenvalue weighted by atomic mass is 10.2. The van der Waals surface area contributed by atoms with Crippen molar-refractivity contribution in [3.8, 4) is 5.75 Å². The van der Waals surface area contributed by atoms with Crippen molar-refractivity contribution in [3.63, 3.8) is 0 Å². The summed E-state index contributed by atoms with van der Waals surface area (Å²) in [6.07, 6.45) is 1.22. The number of halogens is 1. The summed E-state index contributed by atoms with van der Waals surface area (Å²) in [5, 5.41) is 3.50. The molecule has 0 spiro atoms. The molecule has 1 heterocycles. The Balaban J connectivity index is 1.62. The van der Waals surface area contributed by atoms with E-state index in [-0.39, 0.29) is 12.5 Å². The van der Waals surface area contributed by atoms with Crippen LogP contribution >= 0.6 is 11.6 Å². The van der Waals surface area contributed by atoms with Crippen LogP contribution in [0, 0.1) is 6.92 Å². The first-order valence-corrected chi connectivity index (χ1v) is 11.4. The number of hydrogen-bond acceptors (Lipinski definition) is 5. The second kappa shape index (κ2) is 9.02. The highest BCUT2D eigenvalue weighted by molar-refractivity contribution is 7.88. The fourth-order valence-electron chi connectivity index (χ4n) is 3.22. The van der Waals surface area contributed by atoms with E-state index >= 15 is 0 Å². The molecule has 156 valence electrons. The highest BCUT2D eigenvalue weighted by Crippen LogP contribution is 2.27. The monoisotopic (exact) mass is 437 g/mol. The van der Waals surface area contributed by atoms with Crippen LogP contribution in [-0.2, 0) is 14.8 Å². The molecule has 0 radical (unpaired) electrons. The molecule has 1 N–H and O–H groups in total. The zero-order chi connectivity index (χ0) is 21.0. The molecule has 2 aromatic rings. The van der Waals surface area contributed by atoms with Crippen molar-refractivity contribution in [2.45, 2.75) is 6.92 Å². The van der Waals surface area contributed by atoms with Gasteiger partial charge in [0, 0.05) is 31.2 Å². The van der Waals surface area contributed by atoms with Crippen LogP contribution in [0.2, 0.25) is 5.02 Å². The van der Waals surface area contributed by atoms with E-state index in [0.29, 0.717) is 42.6 Å². The average molecular weight is 438 g/mol. The number of anilines is 2. The molecule has 0 saturated carbocycles. The molecule has 1 aliphatic rings. The first kappa shape index (κ1) is 21.4. The van der Waals surface area contributed by atoms with Crippen molar-refractivity contribution in [1.82, 2.24) is 4.31 Å². The van der Waals surface area contributed by atoms with Crippen LogP contribution in [-0.4, -0.2) is 57.7 Å². The van der Waals surface area contributed by atoms with Gasteiger partial charge in [0.2, 0.25) is 10.0 Å². The van der Waals surface area contributed by atoms with Crippen LogP contribution in [0.1, 0.15) is 5.56 Å². The molecule has 1 amide bonds. The Hall–Kier alpha value is -2.29. The van der Waals surface area contributed by atoms with Crippen LogP contribution < -0.4 is 15.0 Å². The summed E-state index contributed by atoms with van der Waals surface area (Å²) in [6.45, 7) is 3.68. The Morgan fingerprint density at radius 3 is 2.48 bits per heavy atom. The van der Waals surface area contributed by atoms with Crippen molar-refractivity contribution in [2.75, 3.05) is 49.3 Å². The molecule has 29 heavy (non-hydrogen) atoms. The third-order valence-electron chi connectivity index (χ3n) is 4.72. The van der Waals surface area contributed by atoms with Gasteiger partial charge >= 0.3 is 0 Å². The number of nitrogens with one attached hydrogen (secondary N) is 1.